The molecule has 3 heterocycles. The van der Waals surface area contributed by atoms with Crippen LogP contribution in [0.2, 0.25) is 0 Å². The number of hydrogen-bond acceptors (Lipinski definition) is 10. The van der Waals surface area contributed by atoms with Gasteiger partial charge in [0.15, 0.2) is 11.6 Å². The Morgan fingerprint density at radius 3 is 2.55 bits per heavy atom. The maximum absolute atomic E-state index is 14.5. The smallest absolute Gasteiger partial charge is 0.405 e. The third-order valence-electron chi connectivity index (χ3n) is 11.2. The molecule has 0 spiro atoms. The first-order chi connectivity index (χ1) is 25.0. The van der Waals surface area contributed by atoms with Gasteiger partial charge in [0.2, 0.25) is 27.7 Å². The summed E-state index contributed by atoms with van der Waals surface area (Å²) < 4.78 is 53.1. The van der Waals surface area contributed by atoms with Crippen molar-refractivity contribution in [3.8, 4) is 11.6 Å². The number of aryl methyl sites for hydroxylation is 1. The Morgan fingerprint density at radius 2 is 1.89 bits per heavy atom. The van der Waals surface area contributed by atoms with Crippen molar-refractivity contribution in [3.05, 3.63) is 35.8 Å². The van der Waals surface area contributed by atoms with E-state index in [1.807, 2.05) is 26.0 Å². The number of amides is 4. The molecule has 4 amide bonds. The molecule has 7 atom stereocenters. The van der Waals surface area contributed by atoms with E-state index in [9.17, 15) is 37.1 Å². The van der Waals surface area contributed by atoms with Crippen LogP contribution in [0.15, 0.2) is 24.3 Å². The van der Waals surface area contributed by atoms with Gasteiger partial charge < -0.3 is 30.1 Å². The lowest BCUT2D eigenvalue weighted by molar-refractivity contribution is -0.142. The molecule has 0 unspecified atom stereocenters. The van der Waals surface area contributed by atoms with E-state index in [4.69, 9.17) is 9.47 Å². The Morgan fingerprint density at radius 1 is 1.17 bits per heavy atom. The minimum atomic E-state index is -4.03. The lowest BCUT2D eigenvalue weighted by atomic mass is 9.85. The van der Waals surface area contributed by atoms with Gasteiger partial charge in [0, 0.05) is 24.5 Å². The van der Waals surface area contributed by atoms with Crippen LogP contribution < -0.4 is 24.8 Å². The molecule has 3 fully saturated rings. The second-order valence-corrected chi connectivity index (χ2v) is 17.4. The molecule has 1 aromatic carbocycles. The number of carbonyl (C=O) groups excluding carboxylic acids is 3. The number of aromatic nitrogens is 2. The van der Waals surface area contributed by atoms with E-state index < -0.39 is 80.0 Å². The summed E-state index contributed by atoms with van der Waals surface area (Å²) in [7, 11) is -2.71. The second-order valence-electron chi connectivity index (χ2n) is 15.2. The summed E-state index contributed by atoms with van der Waals surface area (Å²) in [4.78, 5) is 64.9. The number of nitrogens with zero attached hydrogens (tertiary/aromatic N) is 3. The molecule has 15 nitrogen and oxygen atoms in total. The summed E-state index contributed by atoms with van der Waals surface area (Å²) in [6, 6.07) is 0.161. The van der Waals surface area contributed by atoms with E-state index in [-0.39, 0.29) is 48.0 Å². The molecule has 288 valence electrons. The van der Waals surface area contributed by atoms with Crippen LogP contribution in [-0.4, -0.2) is 94.3 Å². The largest absolute Gasteiger partial charge is 0.494 e. The van der Waals surface area contributed by atoms with Crippen molar-refractivity contribution < 1.29 is 46.6 Å². The molecule has 1 aromatic heterocycles. The zero-order valence-corrected chi connectivity index (χ0v) is 31.3. The molecule has 17 heteroatoms. The second kappa shape index (κ2) is 14.4. The summed E-state index contributed by atoms with van der Waals surface area (Å²) in [5.41, 5.74) is -0.711. The molecule has 4 aliphatic rings. The van der Waals surface area contributed by atoms with Crippen LogP contribution in [0, 0.1) is 30.5 Å². The standard InChI is InChI=1S/C36H47FN6O9S/c1-6-21-13-19(2)9-7-8-10-22-17-36(22,33(46)42-53(49,50)35(4)11-12-35)41-30(44)27-14-23(18-43(27)32(45)29(21)40-34(47)48)52-31-20(3)38-25-15-24(37)28(51-5)16-26(25)39-31/h8,10,15-16,19,21-23,27,29,40H,6-7,9,11-14,17-18H2,1-5H3,(H,41,44)(H,42,46)(H,47,48)/t19-,21-,22-,23-,27+,29+,36-/m1/s1. The van der Waals surface area contributed by atoms with Gasteiger partial charge in [-0.1, -0.05) is 32.4 Å². The number of carbonyl (C=O) groups is 4. The van der Waals surface area contributed by atoms with E-state index in [1.54, 1.807) is 13.8 Å². The molecule has 2 aliphatic carbocycles. The van der Waals surface area contributed by atoms with Gasteiger partial charge in [-0.2, -0.15) is 0 Å². The highest BCUT2D eigenvalue weighted by Crippen LogP contribution is 2.47. The number of rotatable bonds is 8. The highest BCUT2D eigenvalue weighted by molar-refractivity contribution is 7.91. The minimum absolute atomic E-state index is 0.0439. The highest BCUT2D eigenvalue weighted by atomic mass is 32.2. The summed E-state index contributed by atoms with van der Waals surface area (Å²) in [6.45, 7) is 6.95. The average Bonchev–Trinajstić information content (AvgIpc) is 3.98. The first-order valence-electron chi connectivity index (χ1n) is 18.0. The number of fused-ring (bicyclic) bond motifs is 3. The number of benzene rings is 1. The third-order valence-corrected chi connectivity index (χ3v) is 13.4. The van der Waals surface area contributed by atoms with Gasteiger partial charge in [-0.05, 0) is 64.2 Å². The van der Waals surface area contributed by atoms with Crippen molar-refractivity contribution in [3.63, 3.8) is 0 Å². The van der Waals surface area contributed by atoms with Crippen LogP contribution in [0.1, 0.15) is 77.8 Å². The number of nitrogens with one attached hydrogen (secondary N) is 3. The van der Waals surface area contributed by atoms with Gasteiger partial charge in [0.05, 0.1) is 29.4 Å². The summed E-state index contributed by atoms with van der Waals surface area (Å²) in [5, 5.41) is 15.1. The van der Waals surface area contributed by atoms with E-state index in [0.29, 0.717) is 37.8 Å². The van der Waals surface area contributed by atoms with Gasteiger partial charge in [0.25, 0.3) is 5.91 Å². The van der Waals surface area contributed by atoms with Gasteiger partial charge in [-0.3, -0.25) is 19.1 Å². The number of hydrogen-bond donors (Lipinski definition) is 4. The monoisotopic (exact) mass is 758 g/mol. The molecule has 2 aromatic rings. The molecular weight excluding hydrogens is 711 g/mol. The molecule has 2 aliphatic heterocycles. The van der Waals surface area contributed by atoms with Crippen molar-refractivity contribution in [2.45, 2.75) is 108 Å². The van der Waals surface area contributed by atoms with Gasteiger partial charge in [-0.15, -0.1) is 0 Å². The fourth-order valence-corrected chi connectivity index (χ4v) is 8.82. The van der Waals surface area contributed by atoms with Crippen molar-refractivity contribution in [2.24, 2.45) is 17.8 Å². The van der Waals surface area contributed by atoms with Crippen LogP contribution >= 0.6 is 0 Å². The SMILES string of the molecule is CC[C@@H]1C[C@H](C)CCC=C[C@@H]2C[C@@]2(C(=O)NS(=O)(=O)C2(C)CC2)NC(=O)[C@@H]2C[C@@H](Oc3nc4cc(OC)c(F)cc4nc3C)CN2C(=O)[C@H]1NC(=O)O. The fraction of sp³-hybridized carbons (Fsp3) is 0.611. The van der Waals surface area contributed by atoms with Gasteiger partial charge in [0.1, 0.15) is 29.4 Å². The van der Waals surface area contributed by atoms with Crippen molar-refractivity contribution in [1.82, 2.24) is 30.2 Å². The van der Waals surface area contributed by atoms with Gasteiger partial charge in [-0.25, -0.2) is 27.6 Å². The Hall–Kier alpha value is -4.54. The summed E-state index contributed by atoms with van der Waals surface area (Å²) in [6.07, 6.45) is 4.80. The van der Waals surface area contributed by atoms with Crippen LogP contribution in [-0.2, 0) is 24.4 Å². The lowest BCUT2D eigenvalue weighted by Gasteiger charge is -2.33. The normalized spacial score (nSPS) is 29.9. The predicted octanol–water partition coefficient (Wildman–Crippen LogP) is 3.35. The third kappa shape index (κ3) is 7.62. The summed E-state index contributed by atoms with van der Waals surface area (Å²) >= 11 is 0. The first kappa shape index (κ1) is 38.2. The molecule has 0 radical (unpaired) electrons. The van der Waals surface area contributed by atoms with E-state index in [2.05, 4.69) is 25.3 Å². The maximum Gasteiger partial charge on any atom is 0.405 e. The quantitative estimate of drug-likeness (QED) is 0.287. The molecule has 1 saturated heterocycles. The number of sulfonamides is 1. The van der Waals surface area contributed by atoms with Crippen LogP contribution in [0.25, 0.3) is 11.0 Å². The predicted molar refractivity (Wildman–Crippen MR) is 190 cm³/mol. The first-order valence-corrected chi connectivity index (χ1v) is 19.5. The Balaban J connectivity index is 1.35. The molecule has 0 bridgehead atoms. The summed E-state index contributed by atoms with van der Waals surface area (Å²) in [5.74, 6) is -3.55. The van der Waals surface area contributed by atoms with E-state index in [1.165, 1.54) is 24.1 Å². The zero-order chi connectivity index (χ0) is 38.5. The lowest BCUT2D eigenvalue weighted by Crippen LogP contribution is -2.59. The van der Waals surface area contributed by atoms with Crippen molar-refractivity contribution in [1.29, 1.82) is 0 Å². The van der Waals surface area contributed by atoms with Crippen molar-refractivity contribution in [2.75, 3.05) is 13.7 Å². The van der Waals surface area contributed by atoms with Gasteiger partial charge >= 0.3 is 6.09 Å². The number of ether oxygens (including phenoxy) is 2. The molecule has 2 saturated carbocycles. The number of methoxy groups -OCH3 is 1. The topological polar surface area (TPSA) is 206 Å². The molecular formula is C36H47FN6O9S. The van der Waals surface area contributed by atoms with E-state index >= 15 is 0 Å². The van der Waals surface area contributed by atoms with E-state index in [0.717, 1.165) is 6.42 Å². The maximum atomic E-state index is 14.5. The Labute approximate surface area is 307 Å². The highest BCUT2D eigenvalue weighted by Gasteiger charge is 2.63. The molecule has 4 N–H and O–H groups in total. The number of allylic oxidation sites excluding steroid dienone is 1. The van der Waals surface area contributed by atoms with Crippen molar-refractivity contribution >= 4 is 44.9 Å². The molecule has 53 heavy (non-hydrogen) atoms. The fourth-order valence-electron chi connectivity index (χ4n) is 7.50. The Bertz CT molecular complexity index is 1960. The van der Waals surface area contributed by atoms with Crippen LogP contribution in [0.5, 0.6) is 11.6 Å². The molecule has 6 rings (SSSR count). The number of halogens is 1. The Kier molecular flexibility index (Phi) is 10.3. The average molecular weight is 759 g/mol. The minimum Gasteiger partial charge on any atom is -0.494 e. The zero-order valence-electron chi connectivity index (χ0n) is 30.5. The number of carboxylic acid groups (broad SMARTS) is 1. The van der Waals surface area contributed by atoms with Crippen LogP contribution in [0.3, 0.4) is 0 Å². The van der Waals surface area contributed by atoms with Crippen LogP contribution in [0.4, 0.5) is 9.18 Å².